The Balaban J connectivity index is 1.16. The molecule has 0 bridgehead atoms. The summed E-state index contributed by atoms with van der Waals surface area (Å²) in [5.41, 5.74) is 2.94. The third-order valence-corrected chi connectivity index (χ3v) is 7.14. The van der Waals surface area contributed by atoms with Gasteiger partial charge in [-0.25, -0.2) is 9.37 Å². The van der Waals surface area contributed by atoms with Gasteiger partial charge in [-0.3, -0.25) is 0 Å². The molecule has 2 aliphatic heterocycles. The standard InChI is InChI=1S/C26H31FN6OS/c1-18-16-21-22(29-18)6-7-23(25(21)27)31-24-8-9-28-26(32-24)30-19-4-2-5-20(17-19)34-13-3-10-33-11-14-35-15-12-33/h2,4-5,7-9,16-17,22,29H,3,6,10-15H2,1H3,(H2,28,30,31,32). The lowest BCUT2D eigenvalue weighted by molar-refractivity contribution is 0.248. The van der Waals surface area contributed by atoms with Crippen LogP contribution in [0.3, 0.4) is 0 Å². The molecule has 3 aliphatic rings. The number of benzene rings is 1. The van der Waals surface area contributed by atoms with Crippen molar-refractivity contribution in [3.8, 4) is 5.75 Å². The van der Waals surface area contributed by atoms with Crippen LogP contribution in [0, 0.1) is 0 Å². The van der Waals surface area contributed by atoms with Crippen molar-refractivity contribution in [3.63, 3.8) is 0 Å². The molecule has 1 unspecified atom stereocenters. The summed E-state index contributed by atoms with van der Waals surface area (Å²) in [6.07, 6.45) is 7.11. The van der Waals surface area contributed by atoms with E-state index in [0.717, 1.165) is 36.5 Å². The second-order valence-electron chi connectivity index (χ2n) is 8.85. The first kappa shape index (κ1) is 23.7. The third kappa shape index (κ3) is 6.15. The maximum absolute atomic E-state index is 15.0. The van der Waals surface area contributed by atoms with Crippen molar-refractivity contribution in [2.24, 2.45) is 0 Å². The fourth-order valence-corrected chi connectivity index (χ4v) is 5.42. The van der Waals surface area contributed by atoms with E-state index in [1.165, 1.54) is 24.6 Å². The number of rotatable bonds is 9. The molecule has 7 nitrogen and oxygen atoms in total. The zero-order valence-corrected chi connectivity index (χ0v) is 20.7. The van der Waals surface area contributed by atoms with Crippen molar-refractivity contribution in [2.75, 3.05) is 48.4 Å². The van der Waals surface area contributed by atoms with Gasteiger partial charge in [0.1, 0.15) is 11.6 Å². The van der Waals surface area contributed by atoms with Crippen LogP contribution in [-0.2, 0) is 0 Å². The van der Waals surface area contributed by atoms with Gasteiger partial charge < -0.3 is 25.6 Å². The highest BCUT2D eigenvalue weighted by atomic mass is 32.2. The van der Waals surface area contributed by atoms with E-state index in [1.54, 1.807) is 12.3 Å². The Morgan fingerprint density at radius 3 is 3.00 bits per heavy atom. The van der Waals surface area contributed by atoms with Crippen LogP contribution in [0.2, 0.25) is 0 Å². The van der Waals surface area contributed by atoms with E-state index in [9.17, 15) is 4.39 Å². The summed E-state index contributed by atoms with van der Waals surface area (Å²) in [6, 6.07) is 9.52. The number of nitrogens with one attached hydrogen (secondary N) is 3. The second-order valence-corrected chi connectivity index (χ2v) is 10.1. The molecule has 1 aromatic carbocycles. The largest absolute Gasteiger partial charge is 0.493 e. The SMILES string of the molecule is CC1=CC2=C(F)C(Nc3ccnc(Nc4cccc(OCCCN5CCSCC5)c4)n3)=CCC2N1. The highest BCUT2D eigenvalue weighted by Crippen LogP contribution is 2.32. The monoisotopic (exact) mass is 494 g/mol. The molecule has 0 saturated carbocycles. The Morgan fingerprint density at radius 2 is 2.11 bits per heavy atom. The summed E-state index contributed by atoms with van der Waals surface area (Å²) in [5, 5.41) is 9.61. The van der Waals surface area contributed by atoms with Crippen molar-refractivity contribution in [3.05, 3.63) is 71.5 Å². The maximum atomic E-state index is 15.0. The molecule has 3 heterocycles. The highest BCUT2D eigenvalue weighted by Gasteiger charge is 2.27. The lowest BCUT2D eigenvalue weighted by Crippen LogP contribution is -2.33. The quantitative estimate of drug-likeness (QED) is 0.428. The fraction of sp³-hybridized carbons (Fsp3) is 0.385. The van der Waals surface area contributed by atoms with E-state index < -0.39 is 0 Å². The summed E-state index contributed by atoms with van der Waals surface area (Å²) in [5.74, 6) is 3.97. The molecule has 0 spiro atoms. The molecule has 9 heteroatoms. The first-order valence-corrected chi connectivity index (χ1v) is 13.2. The van der Waals surface area contributed by atoms with Crippen molar-refractivity contribution in [1.29, 1.82) is 0 Å². The zero-order chi connectivity index (χ0) is 24.0. The summed E-state index contributed by atoms with van der Waals surface area (Å²) < 4.78 is 20.9. The van der Waals surface area contributed by atoms with Crippen LogP contribution in [0.1, 0.15) is 19.8 Å². The van der Waals surface area contributed by atoms with Gasteiger partial charge in [0.25, 0.3) is 0 Å². The molecule has 35 heavy (non-hydrogen) atoms. The zero-order valence-electron chi connectivity index (χ0n) is 19.9. The molecule has 184 valence electrons. The first-order valence-electron chi connectivity index (χ1n) is 12.1. The van der Waals surface area contributed by atoms with Gasteiger partial charge in [0, 0.05) is 60.4 Å². The van der Waals surface area contributed by atoms with Crippen LogP contribution < -0.4 is 20.7 Å². The molecule has 0 radical (unpaired) electrons. The van der Waals surface area contributed by atoms with Crippen molar-refractivity contribution in [1.82, 2.24) is 20.2 Å². The maximum Gasteiger partial charge on any atom is 0.229 e. The van der Waals surface area contributed by atoms with E-state index in [0.29, 0.717) is 29.6 Å². The first-order chi connectivity index (χ1) is 17.1. The minimum absolute atomic E-state index is 0.0153. The van der Waals surface area contributed by atoms with Gasteiger partial charge in [-0.2, -0.15) is 16.7 Å². The van der Waals surface area contributed by atoms with E-state index in [2.05, 4.69) is 30.8 Å². The van der Waals surface area contributed by atoms with Crippen LogP contribution >= 0.6 is 11.8 Å². The minimum Gasteiger partial charge on any atom is -0.493 e. The molecule has 1 aromatic heterocycles. The number of ether oxygens (including phenoxy) is 1. The summed E-state index contributed by atoms with van der Waals surface area (Å²) in [7, 11) is 0. The molecular formula is C26H31FN6OS. The van der Waals surface area contributed by atoms with E-state index in [1.807, 2.05) is 55.1 Å². The molecule has 1 fully saturated rings. The number of nitrogens with zero attached hydrogens (tertiary/aromatic N) is 3. The second kappa shape index (κ2) is 11.1. The van der Waals surface area contributed by atoms with Crippen molar-refractivity contribution in [2.45, 2.75) is 25.8 Å². The molecule has 0 amide bonds. The van der Waals surface area contributed by atoms with Gasteiger partial charge in [-0.1, -0.05) is 12.1 Å². The average Bonchev–Trinajstić information content (AvgIpc) is 3.26. The number of anilines is 3. The van der Waals surface area contributed by atoms with E-state index in [4.69, 9.17) is 4.74 Å². The predicted molar refractivity (Wildman–Crippen MR) is 141 cm³/mol. The van der Waals surface area contributed by atoms with Crippen molar-refractivity contribution < 1.29 is 9.13 Å². The summed E-state index contributed by atoms with van der Waals surface area (Å²) >= 11 is 2.03. The Labute approximate surface area is 209 Å². The van der Waals surface area contributed by atoms with Crippen molar-refractivity contribution >= 4 is 29.2 Å². The van der Waals surface area contributed by atoms with Gasteiger partial charge in [0.15, 0.2) is 5.83 Å². The molecule has 1 saturated heterocycles. The molecule has 1 atom stereocenters. The van der Waals surface area contributed by atoms with Crippen LogP contribution in [0.4, 0.5) is 21.8 Å². The molecule has 1 aliphatic carbocycles. The van der Waals surface area contributed by atoms with Crippen LogP contribution in [0.25, 0.3) is 0 Å². The number of aromatic nitrogens is 2. The Bertz CT molecular complexity index is 1140. The minimum atomic E-state index is -0.247. The lowest BCUT2D eigenvalue weighted by atomic mass is 9.98. The van der Waals surface area contributed by atoms with Gasteiger partial charge in [0.05, 0.1) is 18.3 Å². The van der Waals surface area contributed by atoms with Gasteiger partial charge in [-0.15, -0.1) is 0 Å². The highest BCUT2D eigenvalue weighted by molar-refractivity contribution is 7.99. The Hall–Kier alpha value is -3.04. The molecular weight excluding hydrogens is 463 g/mol. The van der Waals surface area contributed by atoms with Gasteiger partial charge in [0.2, 0.25) is 5.95 Å². The Morgan fingerprint density at radius 1 is 1.23 bits per heavy atom. The number of fused-ring (bicyclic) bond motifs is 1. The number of allylic oxidation sites excluding steroid dienone is 2. The Kier molecular flexibility index (Phi) is 7.54. The summed E-state index contributed by atoms with van der Waals surface area (Å²) in [6.45, 7) is 6.06. The molecule has 5 rings (SSSR count). The third-order valence-electron chi connectivity index (χ3n) is 6.20. The number of hydrogen-bond donors (Lipinski definition) is 3. The van der Waals surface area contributed by atoms with E-state index in [-0.39, 0.29) is 11.9 Å². The normalized spacial score (nSPS) is 20.0. The lowest BCUT2D eigenvalue weighted by Gasteiger charge is -2.25. The van der Waals surface area contributed by atoms with Gasteiger partial charge >= 0.3 is 0 Å². The summed E-state index contributed by atoms with van der Waals surface area (Å²) in [4.78, 5) is 11.3. The van der Waals surface area contributed by atoms with Gasteiger partial charge in [-0.05, 0) is 44.0 Å². The number of halogens is 1. The van der Waals surface area contributed by atoms with Crippen LogP contribution in [-0.4, -0.2) is 58.7 Å². The van der Waals surface area contributed by atoms with Crippen LogP contribution in [0.5, 0.6) is 5.75 Å². The van der Waals surface area contributed by atoms with E-state index >= 15 is 0 Å². The number of hydrogen-bond acceptors (Lipinski definition) is 8. The fourth-order valence-electron chi connectivity index (χ4n) is 4.44. The smallest absolute Gasteiger partial charge is 0.229 e. The topological polar surface area (TPSA) is 74.3 Å². The molecule has 3 N–H and O–H groups in total. The molecule has 2 aromatic rings. The predicted octanol–water partition coefficient (Wildman–Crippen LogP) is 4.84. The van der Waals surface area contributed by atoms with Crippen LogP contribution in [0.15, 0.2) is 71.5 Å². The average molecular weight is 495 g/mol. The number of thioether (sulfide) groups is 1.